The molecular weight excluding hydrogens is 324 g/mol. The Hall–Kier alpha value is -1.93. The Bertz CT molecular complexity index is 505. The molecule has 0 fully saturated rings. The molecule has 0 aliphatic heterocycles. The van der Waals surface area contributed by atoms with E-state index in [9.17, 15) is 26.3 Å². The molecule has 0 saturated carbocycles. The second-order valence-corrected chi connectivity index (χ2v) is 4.74. The number of hydrogen-bond acceptors (Lipinski definition) is 1. The molecule has 0 unspecified atom stereocenters. The van der Waals surface area contributed by atoms with Crippen molar-refractivity contribution in [2.45, 2.75) is 25.2 Å². The number of nitrogens with one attached hydrogen (secondary N) is 2. The predicted molar refractivity (Wildman–Crippen MR) is 75.2 cm³/mol. The maximum Gasteiger partial charge on any atom is 0.416 e. The summed E-state index contributed by atoms with van der Waals surface area (Å²) in [4.78, 5) is 3.76. The average molecular weight is 341 g/mol. The fourth-order valence-corrected chi connectivity index (χ4v) is 1.73. The summed E-state index contributed by atoms with van der Waals surface area (Å²) in [5.74, 6) is 0.209. The minimum Gasteiger partial charge on any atom is -0.356 e. The SMILES string of the molecule is CN=C(NCCc1ccc(C(F)(F)F)cc1)NCCC(F)(F)F. The van der Waals surface area contributed by atoms with E-state index in [-0.39, 0.29) is 12.5 Å². The fourth-order valence-electron chi connectivity index (χ4n) is 1.73. The number of aliphatic imine (C=N–C) groups is 1. The van der Waals surface area contributed by atoms with Crippen molar-refractivity contribution in [1.82, 2.24) is 10.6 Å². The van der Waals surface area contributed by atoms with Crippen molar-refractivity contribution in [2.75, 3.05) is 20.1 Å². The first-order chi connectivity index (χ1) is 10.6. The lowest BCUT2D eigenvalue weighted by Gasteiger charge is -2.13. The third-order valence-electron chi connectivity index (χ3n) is 2.91. The smallest absolute Gasteiger partial charge is 0.356 e. The predicted octanol–water partition coefficient (Wildman–Crippen LogP) is 3.37. The lowest BCUT2D eigenvalue weighted by atomic mass is 10.1. The molecule has 3 nitrogen and oxygen atoms in total. The van der Waals surface area contributed by atoms with Crippen LogP contribution in [0.1, 0.15) is 17.5 Å². The van der Waals surface area contributed by atoms with Crippen LogP contribution in [-0.4, -0.2) is 32.3 Å². The summed E-state index contributed by atoms with van der Waals surface area (Å²) in [5.41, 5.74) is -0.0462. The van der Waals surface area contributed by atoms with E-state index in [0.717, 1.165) is 12.1 Å². The normalized spacial score (nSPS) is 13.1. The molecule has 1 rings (SSSR count). The molecule has 23 heavy (non-hydrogen) atoms. The number of halogens is 6. The van der Waals surface area contributed by atoms with Crippen LogP contribution in [0.2, 0.25) is 0 Å². The monoisotopic (exact) mass is 341 g/mol. The number of rotatable bonds is 5. The Morgan fingerprint density at radius 3 is 2.00 bits per heavy atom. The van der Waals surface area contributed by atoms with Crippen molar-refractivity contribution in [3.63, 3.8) is 0 Å². The van der Waals surface area contributed by atoms with Crippen molar-refractivity contribution in [2.24, 2.45) is 4.99 Å². The van der Waals surface area contributed by atoms with Crippen molar-refractivity contribution in [1.29, 1.82) is 0 Å². The zero-order valence-corrected chi connectivity index (χ0v) is 12.4. The van der Waals surface area contributed by atoms with Gasteiger partial charge in [-0.3, -0.25) is 4.99 Å². The molecule has 0 amide bonds. The van der Waals surface area contributed by atoms with Gasteiger partial charge in [-0.05, 0) is 24.1 Å². The van der Waals surface area contributed by atoms with Gasteiger partial charge < -0.3 is 10.6 Å². The Kier molecular flexibility index (Phi) is 6.71. The van der Waals surface area contributed by atoms with Crippen LogP contribution in [0, 0.1) is 0 Å². The summed E-state index contributed by atoms with van der Waals surface area (Å²) in [6, 6.07) is 4.71. The van der Waals surface area contributed by atoms with E-state index in [1.54, 1.807) is 0 Å². The first kappa shape index (κ1) is 19.1. The van der Waals surface area contributed by atoms with E-state index in [2.05, 4.69) is 15.6 Å². The highest BCUT2D eigenvalue weighted by atomic mass is 19.4. The highest BCUT2D eigenvalue weighted by Crippen LogP contribution is 2.29. The minimum atomic E-state index is -4.37. The second kappa shape index (κ2) is 8.07. The topological polar surface area (TPSA) is 36.4 Å². The van der Waals surface area contributed by atoms with Crippen LogP contribution in [0.5, 0.6) is 0 Å². The summed E-state index contributed by atoms with van der Waals surface area (Å²) in [6.45, 7) is 0.0283. The summed E-state index contributed by atoms with van der Waals surface area (Å²) in [6.07, 6.45) is -9.18. The Labute approximate surface area is 129 Å². The molecular formula is C14H17F6N3. The number of guanidine groups is 1. The maximum atomic E-state index is 12.4. The van der Waals surface area contributed by atoms with E-state index in [1.165, 1.54) is 19.2 Å². The number of nitrogens with zero attached hydrogens (tertiary/aromatic N) is 1. The van der Waals surface area contributed by atoms with Crippen LogP contribution < -0.4 is 10.6 Å². The molecule has 0 aliphatic carbocycles. The molecule has 0 spiro atoms. The van der Waals surface area contributed by atoms with Crippen LogP contribution in [0.4, 0.5) is 26.3 Å². The molecule has 1 aromatic carbocycles. The summed E-state index contributed by atoms with van der Waals surface area (Å²) in [5, 5.41) is 5.31. The van der Waals surface area contributed by atoms with Crippen LogP contribution in [-0.2, 0) is 12.6 Å². The molecule has 0 bridgehead atoms. The fraction of sp³-hybridized carbons (Fsp3) is 0.500. The van der Waals surface area contributed by atoms with Gasteiger partial charge in [-0.25, -0.2) is 0 Å². The maximum absolute atomic E-state index is 12.4. The van der Waals surface area contributed by atoms with E-state index in [1.807, 2.05) is 0 Å². The molecule has 9 heteroatoms. The third kappa shape index (κ3) is 7.75. The Morgan fingerprint density at radius 1 is 0.957 bits per heavy atom. The minimum absolute atomic E-state index is 0.209. The van der Waals surface area contributed by atoms with Gasteiger partial charge in [0.25, 0.3) is 0 Å². The average Bonchev–Trinajstić information content (AvgIpc) is 2.44. The van der Waals surface area contributed by atoms with Crippen molar-refractivity contribution >= 4 is 5.96 Å². The number of hydrogen-bond donors (Lipinski definition) is 2. The molecule has 130 valence electrons. The van der Waals surface area contributed by atoms with Crippen LogP contribution in [0.15, 0.2) is 29.3 Å². The van der Waals surface area contributed by atoms with Crippen molar-refractivity contribution < 1.29 is 26.3 Å². The molecule has 1 aromatic rings. The molecule has 0 aromatic heterocycles. The molecule has 0 heterocycles. The Balaban J connectivity index is 2.37. The van der Waals surface area contributed by atoms with Crippen LogP contribution >= 0.6 is 0 Å². The van der Waals surface area contributed by atoms with Gasteiger partial charge in [-0.1, -0.05) is 12.1 Å². The van der Waals surface area contributed by atoms with Gasteiger partial charge in [0, 0.05) is 20.1 Å². The van der Waals surface area contributed by atoms with Crippen molar-refractivity contribution in [3.8, 4) is 0 Å². The van der Waals surface area contributed by atoms with Gasteiger partial charge in [0.1, 0.15) is 0 Å². The molecule has 0 aliphatic rings. The molecule has 0 radical (unpaired) electrons. The quantitative estimate of drug-likeness (QED) is 0.489. The standard InChI is InChI=1S/C14H17F6N3/c1-21-12(23-9-7-13(15,16)17)22-8-6-10-2-4-11(5-3-10)14(18,19)20/h2-5H,6-9H2,1H3,(H2,21,22,23). The molecule has 0 atom stereocenters. The van der Waals surface area contributed by atoms with Gasteiger partial charge in [0.2, 0.25) is 0 Å². The number of benzene rings is 1. The van der Waals surface area contributed by atoms with Gasteiger partial charge in [-0.2, -0.15) is 26.3 Å². The van der Waals surface area contributed by atoms with E-state index < -0.39 is 24.3 Å². The van der Waals surface area contributed by atoms with Gasteiger partial charge in [0.15, 0.2) is 5.96 Å². The second-order valence-electron chi connectivity index (χ2n) is 4.74. The number of alkyl halides is 6. The lowest BCUT2D eigenvalue weighted by molar-refractivity contribution is -0.137. The van der Waals surface area contributed by atoms with Crippen molar-refractivity contribution in [3.05, 3.63) is 35.4 Å². The van der Waals surface area contributed by atoms with Crippen LogP contribution in [0.25, 0.3) is 0 Å². The summed E-state index contributed by atoms with van der Waals surface area (Å²) in [7, 11) is 1.42. The van der Waals surface area contributed by atoms with E-state index in [4.69, 9.17) is 0 Å². The zero-order chi connectivity index (χ0) is 17.5. The molecule has 2 N–H and O–H groups in total. The molecule has 0 saturated heterocycles. The van der Waals surface area contributed by atoms with Gasteiger partial charge in [0.05, 0.1) is 12.0 Å². The van der Waals surface area contributed by atoms with Gasteiger partial charge in [-0.15, -0.1) is 0 Å². The first-order valence-electron chi connectivity index (χ1n) is 6.79. The Morgan fingerprint density at radius 2 is 1.52 bits per heavy atom. The van der Waals surface area contributed by atoms with Gasteiger partial charge >= 0.3 is 12.4 Å². The van der Waals surface area contributed by atoms with E-state index >= 15 is 0 Å². The zero-order valence-electron chi connectivity index (χ0n) is 12.4. The van der Waals surface area contributed by atoms with E-state index in [0.29, 0.717) is 18.5 Å². The summed E-state index contributed by atoms with van der Waals surface area (Å²) >= 11 is 0. The largest absolute Gasteiger partial charge is 0.416 e. The summed E-state index contributed by atoms with van der Waals surface area (Å²) < 4.78 is 73.3. The van der Waals surface area contributed by atoms with Crippen LogP contribution in [0.3, 0.4) is 0 Å². The highest BCUT2D eigenvalue weighted by Gasteiger charge is 2.29. The third-order valence-corrected chi connectivity index (χ3v) is 2.91. The lowest BCUT2D eigenvalue weighted by Crippen LogP contribution is -2.39. The highest BCUT2D eigenvalue weighted by molar-refractivity contribution is 5.79. The first-order valence-corrected chi connectivity index (χ1v) is 6.79.